The number of anilines is 2. The number of carbonyl (C=O) groups is 1. The first kappa shape index (κ1) is 27.1. The highest BCUT2D eigenvalue weighted by Gasteiger charge is 2.42. The van der Waals surface area contributed by atoms with Gasteiger partial charge in [-0.15, -0.1) is 0 Å². The van der Waals surface area contributed by atoms with Gasteiger partial charge in [0.15, 0.2) is 0 Å². The number of benzene rings is 3. The van der Waals surface area contributed by atoms with Crippen LogP contribution in [0.2, 0.25) is 0 Å². The van der Waals surface area contributed by atoms with Crippen LogP contribution >= 0.6 is 0 Å². The fourth-order valence-electron chi connectivity index (χ4n) is 5.39. The summed E-state index contributed by atoms with van der Waals surface area (Å²) >= 11 is 0. The lowest BCUT2D eigenvalue weighted by Gasteiger charge is -2.27. The second-order valence-corrected chi connectivity index (χ2v) is 9.28. The topological polar surface area (TPSA) is 108 Å². The number of nitrogens with zero attached hydrogens (tertiary/aromatic N) is 2. The molecular weight excluding hydrogens is 492 g/mol. The summed E-state index contributed by atoms with van der Waals surface area (Å²) in [6.45, 7) is 2.64. The maximum Gasteiger partial charge on any atom is 0.373 e. The van der Waals surface area contributed by atoms with Crippen molar-refractivity contribution in [3.63, 3.8) is 0 Å². The molecule has 2 aliphatic rings. The van der Waals surface area contributed by atoms with Crippen LogP contribution in [0.3, 0.4) is 0 Å². The summed E-state index contributed by atoms with van der Waals surface area (Å²) in [5.74, 6) is 0.101. The van der Waals surface area contributed by atoms with E-state index >= 15 is 0 Å². The van der Waals surface area contributed by atoms with Crippen LogP contribution in [0.4, 0.5) is 11.4 Å². The molecule has 1 N–H and O–H groups in total. The summed E-state index contributed by atoms with van der Waals surface area (Å²) in [6.07, 6.45) is 9.35. The van der Waals surface area contributed by atoms with Gasteiger partial charge in [0.1, 0.15) is 17.4 Å². The first-order valence-electron chi connectivity index (χ1n) is 12.8. The summed E-state index contributed by atoms with van der Waals surface area (Å²) in [6, 6.07) is 24.9. The molecule has 1 fully saturated rings. The third kappa shape index (κ3) is 6.15. The zero-order valence-electron chi connectivity index (χ0n) is 21.5. The first-order chi connectivity index (χ1) is 19.0. The Morgan fingerprint density at radius 1 is 1.00 bits per heavy atom. The van der Waals surface area contributed by atoms with E-state index in [4.69, 9.17) is 19.6 Å². The highest BCUT2D eigenvalue weighted by molar-refractivity contribution is 5.96. The minimum atomic E-state index is -1.20. The molecule has 0 radical (unpaired) electrons. The van der Waals surface area contributed by atoms with Crippen LogP contribution in [-0.2, 0) is 14.4 Å². The monoisotopic (exact) mass is 520 g/mol. The van der Waals surface area contributed by atoms with Gasteiger partial charge >= 0.3 is 12.1 Å². The Balaban J connectivity index is 0.00000112. The summed E-state index contributed by atoms with van der Waals surface area (Å²) in [7, 11) is 0. The van der Waals surface area contributed by atoms with Gasteiger partial charge in [0.25, 0.3) is 0 Å². The molecule has 1 aliphatic heterocycles. The van der Waals surface area contributed by atoms with Crippen LogP contribution < -0.4 is 9.64 Å². The average Bonchev–Trinajstić information content (AvgIpc) is 3.53. The molecule has 0 saturated heterocycles. The molecule has 7 heteroatoms. The lowest BCUT2D eigenvalue weighted by Crippen LogP contribution is -2.26. The van der Waals surface area contributed by atoms with Gasteiger partial charge in [0.2, 0.25) is 0 Å². The van der Waals surface area contributed by atoms with E-state index in [9.17, 15) is 9.90 Å². The van der Waals surface area contributed by atoms with Crippen molar-refractivity contribution in [1.82, 2.24) is 0 Å². The standard InChI is InChI=1S/C31H28N2O3.CO2/c1-2-36-26-15-10-22(11-16-26)7-6-21-8-13-25(14-9-21)33-29-5-3-4-27(29)28-19-23(12-17-30(28)33)18-24(20-32)31(34)35;2-1-3/h6-19,27,29H,2-5H2,1H3,(H,34,35);/b7-6?,24-18+;. The van der Waals surface area contributed by atoms with Crippen molar-refractivity contribution in [2.45, 2.75) is 38.1 Å². The smallest absolute Gasteiger partial charge is 0.373 e. The minimum Gasteiger partial charge on any atom is -0.494 e. The molecule has 3 aromatic carbocycles. The Labute approximate surface area is 227 Å². The van der Waals surface area contributed by atoms with Gasteiger partial charge in [-0.1, -0.05) is 48.9 Å². The van der Waals surface area contributed by atoms with Crippen molar-refractivity contribution in [2.75, 3.05) is 11.5 Å². The van der Waals surface area contributed by atoms with Gasteiger partial charge in [0.05, 0.1) is 6.61 Å². The van der Waals surface area contributed by atoms with E-state index in [0.29, 0.717) is 18.6 Å². The van der Waals surface area contributed by atoms with Crippen LogP contribution in [-0.4, -0.2) is 29.9 Å². The Hall–Kier alpha value is -4.92. The quantitative estimate of drug-likeness (QED) is 0.217. The molecule has 0 aromatic heterocycles. The number of carboxylic acid groups (broad SMARTS) is 1. The molecule has 3 aromatic rings. The number of aliphatic carboxylic acids is 1. The third-order valence-corrected chi connectivity index (χ3v) is 7.01. The molecule has 39 heavy (non-hydrogen) atoms. The fraction of sp³-hybridized carbons (Fsp3) is 0.219. The number of fused-ring (bicyclic) bond motifs is 3. The largest absolute Gasteiger partial charge is 0.494 e. The summed E-state index contributed by atoms with van der Waals surface area (Å²) < 4.78 is 5.51. The molecule has 5 rings (SSSR count). The maximum absolute atomic E-state index is 11.3. The fourth-order valence-corrected chi connectivity index (χ4v) is 5.39. The molecule has 1 aliphatic carbocycles. The van der Waals surface area contributed by atoms with Crippen molar-refractivity contribution in [3.05, 3.63) is 94.6 Å². The van der Waals surface area contributed by atoms with Crippen LogP contribution in [0.1, 0.15) is 54.4 Å². The second-order valence-electron chi connectivity index (χ2n) is 9.28. The van der Waals surface area contributed by atoms with E-state index in [1.165, 1.54) is 23.7 Å². The predicted octanol–water partition coefficient (Wildman–Crippen LogP) is 6.45. The van der Waals surface area contributed by atoms with Gasteiger partial charge < -0.3 is 14.7 Å². The van der Waals surface area contributed by atoms with Crippen molar-refractivity contribution >= 4 is 41.7 Å². The molecule has 0 bridgehead atoms. The van der Waals surface area contributed by atoms with Crippen LogP contribution in [0.15, 0.2) is 72.3 Å². The number of carbonyl (C=O) groups excluding carboxylic acids is 2. The van der Waals surface area contributed by atoms with Gasteiger partial charge in [0, 0.05) is 23.3 Å². The Kier molecular flexibility index (Phi) is 8.73. The second kappa shape index (κ2) is 12.6. The van der Waals surface area contributed by atoms with Crippen molar-refractivity contribution in [2.24, 2.45) is 0 Å². The molecule has 196 valence electrons. The highest BCUT2D eigenvalue weighted by atomic mass is 16.5. The van der Waals surface area contributed by atoms with Crippen LogP contribution in [0, 0.1) is 11.3 Å². The molecule has 1 saturated carbocycles. The van der Waals surface area contributed by atoms with Crippen molar-refractivity contribution < 1.29 is 24.2 Å². The average molecular weight is 521 g/mol. The van der Waals surface area contributed by atoms with E-state index < -0.39 is 5.97 Å². The Morgan fingerprint density at radius 2 is 1.62 bits per heavy atom. The van der Waals surface area contributed by atoms with Gasteiger partial charge in [-0.25, -0.2) is 4.79 Å². The van der Waals surface area contributed by atoms with Gasteiger partial charge in [-0.05, 0) is 84.5 Å². The third-order valence-electron chi connectivity index (χ3n) is 7.01. The zero-order valence-corrected chi connectivity index (χ0v) is 21.5. The molecule has 7 nitrogen and oxygen atoms in total. The lowest BCUT2D eigenvalue weighted by atomic mass is 9.95. The number of rotatable bonds is 7. The molecule has 2 atom stereocenters. The normalized spacial score (nSPS) is 17.4. The Morgan fingerprint density at radius 3 is 2.21 bits per heavy atom. The summed E-state index contributed by atoms with van der Waals surface area (Å²) in [5.41, 5.74) is 6.35. The van der Waals surface area contributed by atoms with Crippen molar-refractivity contribution in [3.8, 4) is 11.8 Å². The van der Waals surface area contributed by atoms with Crippen LogP contribution in [0.5, 0.6) is 5.75 Å². The number of ether oxygens (including phenoxy) is 1. The van der Waals surface area contributed by atoms with E-state index in [1.807, 2.05) is 25.1 Å². The summed E-state index contributed by atoms with van der Waals surface area (Å²) in [4.78, 5) is 30.0. The molecule has 0 amide bonds. The summed E-state index contributed by atoms with van der Waals surface area (Å²) in [5, 5.41) is 18.3. The molecule has 2 unspecified atom stereocenters. The minimum absolute atomic E-state index is 0.248. The lowest BCUT2D eigenvalue weighted by molar-refractivity contribution is -0.191. The van der Waals surface area contributed by atoms with E-state index in [1.54, 1.807) is 6.07 Å². The predicted molar refractivity (Wildman–Crippen MR) is 148 cm³/mol. The number of hydrogen-bond donors (Lipinski definition) is 1. The Bertz CT molecular complexity index is 1460. The van der Waals surface area contributed by atoms with Gasteiger partial charge in [-0.3, -0.25) is 0 Å². The van der Waals surface area contributed by atoms with E-state index in [0.717, 1.165) is 41.0 Å². The van der Waals surface area contributed by atoms with E-state index in [2.05, 4.69) is 65.6 Å². The highest BCUT2D eigenvalue weighted by Crippen LogP contribution is 2.52. The SMILES string of the molecule is CCOc1ccc(C=Cc2ccc(N3c4ccc(/C=C(\C#N)C(=O)O)cc4C4CCCC43)cc2)cc1.O=C=O. The number of hydrogen-bond acceptors (Lipinski definition) is 6. The first-order valence-corrected chi connectivity index (χ1v) is 12.8. The van der Waals surface area contributed by atoms with Gasteiger partial charge in [-0.2, -0.15) is 14.9 Å². The van der Waals surface area contributed by atoms with Crippen molar-refractivity contribution in [1.29, 1.82) is 5.26 Å². The van der Waals surface area contributed by atoms with E-state index in [-0.39, 0.29) is 11.7 Å². The zero-order chi connectivity index (χ0) is 27.8. The number of nitriles is 1. The molecular formula is C32H28N2O5. The molecule has 1 heterocycles. The van der Waals surface area contributed by atoms with Crippen LogP contribution in [0.25, 0.3) is 18.2 Å². The maximum atomic E-state index is 11.3. The number of carboxylic acids is 1. The molecule has 0 spiro atoms.